The predicted molar refractivity (Wildman–Crippen MR) is 110 cm³/mol. The zero-order valence-corrected chi connectivity index (χ0v) is 17.1. The van der Waals surface area contributed by atoms with Crippen LogP contribution in [0.3, 0.4) is 0 Å². The molecule has 7 nitrogen and oxygen atoms in total. The van der Waals surface area contributed by atoms with Crippen LogP contribution in [0.1, 0.15) is 4.88 Å². The van der Waals surface area contributed by atoms with Crippen molar-refractivity contribution in [2.24, 2.45) is 0 Å². The minimum Gasteiger partial charge on any atom is -0.497 e. The highest BCUT2D eigenvalue weighted by molar-refractivity contribution is 7.99. The summed E-state index contributed by atoms with van der Waals surface area (Å²) in [6.45, 7) is 0.779. The second kappa shape index (κ2) is 8.07. The van der Waals surface area contributed by atoms with E-state index in [-0.39, 0.29) is 0 Å². The van der Waals surface area contributed by atoms with Crippen molar-refractivity contribution < 1.29 is 14.0 Å². The number of aromatic nitrogens is 4. The van der Waals surface area contributed by atoms with Gasteiger partial charge in [-0.15, -0.1) is 11.3 Å². The lowest BCUT2D eigenvalue weighted by atomic mass is 10.3. The zero-order chi connectivity index (χ0) is 19.5. The van der Waals surface area contributed by atoms with E-state index in [0.717, 1.165) is 40.5 Å². The highest BCUT2D eigenvalue weighted by Gasteiger charge is 2.20. The predicted octanol–water partition coefficient (Wildman–Crippen LogP) is 3.30. The lowest BCUT2D eigenvalue weighted by molar-refractivity contribution is -0.675. The van der Waals surface area contributed by atoms with E-state index in [4.69, 9.17) is 20.2 Å². The van der Waals surface area contributed by atoms with Gasteiger partial charge in [0, 0.05) is 11.3 Å². The molecule has 0 amide bonds. The second-order valence-electron chi connectivity index (χ2n) is 6.01. The molecule has 28 heavy (non-hydrogen) atoms. The number of nitrogens with one attached hydrogen (secondary N) is 1. The molecule has 0 bridgehead atoms. The number of nitrogens with zero attached hydrogens (tertiary/aromatic N) is 3. The molecule has 0 saturated carbocycles. The Hall–Kier alpha value is -2.78. The third-order valence-electron chi connectivity index (χ3n) is 4.28. The number of nitrogen functional groups attached to an aromatic ring is 1. The number of aryl methyl sites for hydroxylation is 2. The van der Waals surface area contributed by atoms with Gasteiger partial charge in [0.15, 0.2) is 5.52 Å². The Morgan fingerprint density at radius 1 is 1.25 bits per heavy atom. The number of benzene rings is 1. The van der Waals surface area contributed by atoms with Crippen LogP contribution in [-0.4, -0.2) is 29.2 Å². The molecule has 144 valence electrons. The maximum absolute atomic E-state index is 6.08. The summed E-state index contributed by atoms with van der Waals surface area (Å²) in [6, 6.07) is 9.85. The summed E-state index contributed by atoms with van der Waals surface area (Å²) < 4.78 is 12.8. The van der Waals surface area contributed by atoms with Crippen molar-refractivity contribution in [3.05, 3.63) is 46.9 Å². The van der Waals surface area contributed by atoms with Gasteiger partial charge in [-0.1, -0.05) is 16.0 Å². The third-order valence-corrected chi connectivity index (χ3v) is 6.15. The number of rotatable bonds is 7. The second-order valence-corrected chi connectivity index (χ2v) is 8.07. The number of ether oxygens (including phenoxy) is 2. The maximum atomic E-state index is 6.08. The van der Waals surface area contributed by atoms with Crippen LogP contribution in [0, 0.1) is 0 Å². The summed E-state index contributed by atoms with van der Waals surface area (Å²) in [4.78, 5) is 14.6. The molecule has 3 heterocycles. The van der Waals surface area contributed by atoms with Gasteiger partial charge < -0.3 is 20.2 Å². The van der Waals surface area contributed by atoms with Gasteiger partial charge in [-0.3, -0.25) is 0 Å². The first kappa shape index (κ1) is 18.6. The first-order valence-electron chi connectivity index (χ1n) is 8.64. The number of thiophene rings is 1. The molecule has 4 aromatic rings. The number of H-pyrrole nitrogens is 1. The minimum atomic E-state index is 0.430. The number of imidazole rings is 1. The van der Waals surface area contributed by atoms with Crippen molar-refractivity contribution >= 4 is 40.1 Å². The van der Waals surface area contributed by atoms with Crippen LogP contribution in [0.25, 0.3) is 11.2 Å². The highest BCUT2D eigenvalue weighted by Crippen LogP contribution is 2.36. The quantitative estimate of drug-likeness (QED) is 0.451. The summed E-state index contributed by atoms with van der Waals surface area (Å²) >= 11 is 3.21. The Labute approximate surface area is 170 Å². The third kappa shape index (κ3) is 3.76. The number of methoxy groups -OCH3 is 2. The van der Waals surface area contributed by atoms with Gasteiger partial charge in [-0.05, 0) is 41.4 Å². The van der Waals surface area contributed by atoms with Crippen LogP contribution in [0.15, 0.2) is 52.1 Å². The summed E-state index contributed by atoms with van der Waals surface area (Å²) in [7, 11) is 3.28. The van der Waals surface area contributed by atoms with E-state index in [2.05, 4.69) is 27.5 Å². The fraction of sp³-hybridized carbons (Fsp3) is 0.211. The molecule has 0 unspecified atom stereocenters. The van der Waals surface area contributed by atoms with Gasteiger partial charge in [-0.25, -0.2) is 4.57 Å². The van der Waals surface area contributed by atoms with Crippen molar-refractivity contribution in [1.29, 1.82) is 0 Å². The average molecular weight is 415 g/mol. The van der Waals surface area contributed by atoms with Crippen molar-refractivity contribution in [2.45, 2.75) is 23.0 Å². The van der Waals surface area contributed by atoms with Gasteiger partial charge >= 0.3 is 0 Å². The molecule has 0 saturated heterocycles. The standard InChI is InChI=1S/C19H19N5O2S2/c1-25-12-5-6-14(26-2)15(10-12)28-19-22-16-17(20)21-11-24(18(16)23-19)8-7-13-4-3-9-27-13/h3-6,9-11H,7-8H2,1-2H3,(H2,20,22,23)/p+1. The largest absolute Gasteiger partial charge is 0.497 e. The summed E-state index contributed by atoms with van der Waals surface area (Å²) in [5.41, 5.74) is 7.60. The van der Waals surface area contributed by atoms with Crippen molar-refractivity contribution in [3.8, 4) is 11.5 Å². The molecule has 9 heteroatoms. The van der Waals surface area contributed by atoms with E-state index in [0.29, 0.717) is 11.0 Å². The van der Waals surface area contributed by atoms with Gasteiger partial charge in [0.25, 0.3) is 5.65 Å². The molecule has 0 radical (unpaired) electrons. The molecule has 0 aliphatic heterocycles. The smallest absolute Gasteiger partial charge is 0.294 e. The Balaban J connectivity index is 1.66. The van der Waals surface area contributed by atoms with E-state index in [1.54, 1.807) is 31.9 Å². The molecule has 1 aromatic carbocycles. The van der Waals surface area contributed by atoms with Gasteiger partial charge in [0.2, 0.25) is 17.3 Å². The summed E-state index contributed by atoms with van der Waals surface area (Å²) in [5.74, 6) is 1.94. The fourth-order valence-corrected chi connectivity index (χ4v) is 4.46. The number of aromatic amines is 1. The van der Waals surface area contributed by atoms with Gasteiger partial charge in [-0.2, -0.15) is 0 Å². The van der Waals surface area contributed by atoms with Crippen molar-refractivity contribution in [1.82, 2.24) is 15.0 Å². The Kier molecular flexibility index (Phi) is 5.36. The van der Waals surface area contributed by atoms with Crippen LogP contribution in [-0.2, 0) is 13.0 Å². The lowest BCUT2D eigenvalue weighted by Gasteiger charge is -2.07. The number of fused-ring (bicyclic) bond motifs is 1. The molecular formula is C19H20N5O2S2+. The van der Waals surface area contributed by atoms with Crippen LogP contribution in [0.5, 0.6) is 11.5 Å². The van der Waals surface area contributed by atoms with E-state index < -0.39 is 0 Å². The minimum absolute atomic E-state index is 0.430. The fourth-order valence-electron chi connectivity index (χ4n) is 2.85. The summed E-state index contributed by atoms with van der Waals surface area (Å²) in [6.07, 6.45) is 2.66. The highest BCUT2D eigenvalue weighted by atomic mass is 32.2. The molecule has 0 aliphatic carbocycles. The monoisotopic (exact) mass is 414 g/mol. The first-order valence-corrected chi connectivity index (χ1v) is 10.3. The molecule has 3 aromatic heterocycles. The molecule has 0 spiro atoms. The van der Waals surface area contributed by atoms with Crippen LogP contribution >= 0.6 is 23.1 Å². The molecular weight excluding hydrogens is 394 g/mol. The number of nitrogens with two attached hydrogens (primary N) is 1. The molecule has 0 atom stereocenters. The van der Waals surface area contributed by atoms with E-state index in [9.17, 15) is 0 Å². The molecule has 0 aliphatic rings. The topological polar surface area (TPSA) is 89.9 Å². The summed E-state index contributed by atoms with van der Waals surface area (Å²) in [5, 5.41) is 2.80. The van der Waals surface area contributed by atoms with E-state index >= 15 is 0 Å². The molecule has 0 fully saturated rings. The van der Waals surface area contributed by atoms with Crippen molar-refractivity contribution in [3.63, 3.8) is 0 Å². The van der Waals surface area contributed by atoms with Crippen LogP contribution < -0.4 is 19.8 Å². The Morgan fingerprint density at radius 3 is 2.89 bits per heavy atom. The average Bonchev–Trinajstić information content (AvgIpc) is 3.38. The molecule has 3 N–H and O–H groups in total. The Bertz CT molecular complexity index is 1100. The maximum Gasteiger partial charge on any atom is 0.294 e. The first-order chi connectivity index (χ1) is 13.7. The SMILES string of the molecule is COc1ccc(OC)c(Sc2nc3c([nH]2)c(N)nc[n+]3CCc2cccs2)c1. The number of anilines is 1. The van der Waals surface area contributed by atoms with E-state index in [1.807, 2.05) is 22.8 Å². The van der Waals surface area contributed by atoms with Crippen LogP contribution in [0.4, 0.5) is 5.82 Å². The molecule has 4 rings (SSSR count). The van der Waals surface area contributed by atoms with Crippen LogP contribution in [0.2, 0.25) is 0 Å². The van der Waals surface area contributed by atoms with Crippen molar-refractivity contribution in [2.75, 3.05) is 20.0 Å². The lowest BCUT2D eigenvalue weighted by Crippen LogP contribution is -2.36. The normalized spacial score (nSPS) is 11.1. The van der Waals surface area contributed by atoms with Gasteiger partial charge in [0.1, 0.15) is 11.5 Å². The number of hydrogen-bond acceptors (Lipinski definition) is 7. The van der Waals surface area contributed by atoms with E-state index in [1.165, 1.54) is 16.6 Å². The zero-order valence-electron chi connectivity index (χ0n) is 15.5. The van der Waals surface area contributed by atoms with Gasteiger partial charge in [0.05, 0.1) is 25.7 Å². The Morgan fingerprint density at radius 2 is 2.14 bits per heavy atom. The number of hydrogen-bond donors (Lipinski definition) is 2.